The Balaban J connectivity index is 2.21. The molecule has 6 heteroatoms. The summed E-state index contributed by atoms with van der Waals surface area (Å²) < 4.78 is 20.9. The molecule has 1 rings (SSSR count). The van der Waals surface area contributed by atoms with Crippen LogP contribution in [0.1, 0.15) is 19.4 Å². The van der Waals surface area contributed by atoms with Crippen molar-refractivity contribution in [1.29, 1.82) is 0 Å². The van der Waals surface area contributed by atoms with Gasteiger partial charge in [-0.15, -0.1) is 0 Å². The van der Waals surface area contributed by atoms with Gasteiger partial charge in [-0.2, -0.15) is 0 Å². The first-order valence-electron chi connectivity index (χ1n) is 7.85. The summed E-state index contributed by atoms with van der Waals surface area (Å²) in [6, 6.07) is 7.25. The van der Waals surface area contributed by atoms with E-state index >= 15 is 0 Å². The number of esters is 2. The molecule has 0 spiro atoms. The van der Waals surface area contributed by atoms with Crippen molar-refractivity contribution in [2.75, 3.05) is 26.4 Å². The number of hydrogen-bond acceptors (Lipinski definition) is 6. The zero-order valence-corrected chi connectivity index (χ0v) is 14.7. The number of carbonyl (C=O) groups is 2. The van der Waals surface area contributed by atoms with Crippen molar-refractivity contribution in [2.45, 2.75) is 20.5 Å². The highest BCUT2D eigenvalue weighted by Gasteiger charge is 2.05. The second kappa shape index (κ2) is 11.0. The fraction of sp³-hybridized carbons (Fsp3) is 0.368. The smallest absolute Gasteiger partial charge is 0.333 e. The van der Waals surface area contributed by atoms with E-state index in [1.807, 2.05) is 12.1 Å². The molecule has 0 heterocycles. The predicted molar refractivity (Wildman–Crippen MR) is 93.1 cm³/mol. The fourth-order valence-corrected chi connectivity index (χ4v) is 1.63. The SMILES string of the molecule is C=C(C)C(=O)OCCOCCOc1cccc(COC(=O)C(=C)C)c1. The van der Waals surface area contributed by atoms with Gasteiger partial charge in [0, 0.05) is 11.1 Å². The van der Waals surface area contributed by atoms with Crippen LogP contribution in [0.2, 0.25) is 0 Å². The Morgan fingerprint density at radius 1 is 0.920 bits per heavy atom. The van der Waals surface area contributed by atoms with Gasteiger partial charge < -0.3 is 18.9 Å². The van der Waals surface area contributed by atoms with Crippen molar-refractivity contribution in [3.05, 3.63) is 54.1 Å². The summed E-state index contributed by atoms with van der Waals surface area (Å²) >= 11 is 0. The standard InChI is InChI=1S/C19H24O6/c1-14(2)18(20)24-11-9-22-8-10-23-17-7-5-6-16(12-17)13-25-19(21)15(3)4/h5-7,12H,1,3,8-11,13H2,2,4H3. The van der Waals surface area contributed by atoms with Gasteiger partial charge in [-0.1, -0.05) is 25.3 Å². The third-order valence-corrected chi connectivity index (χ3v) is 2.92. The molecular weight excluding hydrogens is 324 g/mol. The first-order chi connectivity index (χ1) is 11.9. The van der Waals surface area contributed by atoms with Crippen LogP contribution >= 0.6 is 0 Å². The molecule has 136 valence electrons. The minimum atomic E-state index is -0.427. The van der Waals surface area contributed by atoms with E-state index in [9.17, 15) is 9.59 Å². The van der Waals surface area contributed by atoms with Crippen molar-refractivity contribution >= 4 is 11.9 Å². The second-order valence-corrected chi connectivity index (χ2v) is 5.38. The molecule has 0 aliphatic carbocycles. The molecule has 0 fully saturated rings. The van der Waals surface area contributed by atoms with Crippen LogP contribution in [0.5, 0.6) is 5.75 Å². The highest BCUT2D eigenvalue weighted by atomic mass is 16.6. The molecule has 0 aliphatic rings. The lowest BCUT2D eigenvalue weighted by Gasteiger charge is -2.09. The van der Waals surface area contributed by atoms with E-state index in [2.05, 4.69) is 13.2 Å². The molecule has 0 aromatic heterocycles. The van der Waals surface area contributed by atoms with E-state index in [1.54, 1.807) is 26.0 Å². The molecule has 1 aromatic carbocycles. The molecule has 6 nitrogen and oxygen atoms in total. The van der Waals surface area contributed by atoms with Gasteiger partial charge in [0.1, 0.15) is 25.6 Å². The van der Waals surface area contributed by atoms with Gasteiger partial charge in [-0.3, -0.25) is 0 Å². The Morgan fingerprint density at radius 2 is 1.56 bits per heavy atom. The fourth-order valence-electron chi connectivity index (χ4n) is 1.63. The molecule has 0 N–H and O–H groups in total. The van der Waals surface area contributed by atoms with Gasteiger partial charge in [0.15, 0.2) is 0 Å². The normalized spacial score (nSPS) is 10.0. The number of hydrogen-bond donors (Lipinski definition) is 0. The van der Waals surface area contributed by atoms with E-state index in [1.165, 1.54) is 0 Å². The van der Waals surface area contributed by atoms with Gasteiger partial charge in [0.05, 0.1) is 13.2 Å². The largest absolute Gasteiger partial charge is 0.491 e. The van der Waals surface area contributed by atoms with Crippen LogP contribution in [0.15, 0.2) is 48.6 Å². The van der Waals surface area contributed by atoms with Crippen LogP contribution in [0.25, 0.3) is 0 Å². The maximum atomic E-state index is 11.4. The van der Waals surface area contributed by atoms with Crippen LogP contribution < -0.4 is 4.74 Å². The molecular formula is C19H24O6. The summed E-state index contributed by atoms with van der Waals surface area (Å²) in [6.45, 7) is 11.5. The van der Waals surface area contributed by atoms with E-state index in [0.29, 0.717) is 36.7 Å². The van der Waals surface area contributed by atoms with Crippen molar-refractivity contribution in [2.24, 2.45) is 0 Å². The molecule has 0 amide bonds. The lowest BCUT2D eigenvalue weighted by molar-refractivity contribution is -0.141. The molecule has 0 aliphatic heterocycles. The van der Waals surface area contributed by atoms with E-state index in [-0.39, 0.29) is 13.2 Å². The summed E-state index contributed by atoms with van der Waals surface area (Å²) in [7, 11) is 0. The topological polar surface area (TPSA) is 71.1 Å². The Kier molecular flexibility index (Phi) is 9.03. The predicted octanol–water partition coefficient (Wildman–Crippen LogP) is 2.82. The summed E-state index contributed by atoms with van der Waals surface area (Å²) in [5, 5.41) is 0. The van der Waals surface area contributed by atoms with E-state index in [0.717, 1.165) is 5.56 Å². The van der Waals surface area contributed by atoms with Gasteiger partial charge in [0.2, 0.25) is 0 Å². The quantitative estimate of drug-likeness (QED) is 0.348. The van der Waals surface area contributed by atoms with Crippen LogP contribution in [-0.4, -0.2) is 38.4 Å². The lowest BCUT2D eigenvalue weighted by atomic mass is 10.2. The minimum Gasteiger partial charge on any atom is -0.491 e. The van der Waals surface area contributed by atoms with Crippen molar-refractivity contribution in [1.82, 2.24) is 0 Å². The summed E-state index contributed by atoms with van der Waals surface area (Å²) in [6.07, 6.45) is 0. The molecule has 0 unspecified atom stereocenters. The van der Waals surface area contributed by atoms with Gasteiger partial charge in [-0.05, 0) is 31.5 Å². The molecule has 0 saturated heterocycles. The maximum Gasteiger partial charge on any atom is 0.333 e. The molecule has 25 heavy (non-hydrogen) atoms. The third-order valence-electron chi connectivity index (χ3n) is 2.92. The average molecular weight is 348 g/mol. The summed E-state index contributed by atoms with van der Waals surface area (Å²) in [5.74, 6) is -0.197. The zero-order valence-electron chi connectivity index (χ0n) is 14.7. The Morgan fingerprint density at radius 3 is 2.24 bits per heavy atom. The zero-order chi connectivity index (χ0) is 18.7. The third kappa shape index (κ3) is 8.72. The van der Waals surface area contributed by atoms with Crippen LogP contribution in [-0.2, 0) is 30.4 Å². The summed E-state index contributed by atoms with van der Waals surface area (Å²) in [4.78, 5) is 22.5. The Bertz CT molecular complexity index is 620. The Labute approximate surface area is 148 Å². The van der Waals surface area contributed by atoms with E-state index < -0.39 is 11.9 Å². The van der Waals surface area contributed by atoms with Crippen molar-refractivity contribution < 1.29 is 28.5 Å². The maximum absolute atomic E-state index is 11.4. The second-order valence-electron chi connectivity index (χ2n) is 5.38. The van der Waals surface area contributed by atoms with Crippen LogP contribution in [0.3, 0.4) is 0 Å². The number of benzene rings is 1. The lowest BCUT2D eigenvalue weighted by Crippen LogP contribution is -2.13. The van der Waals surface area contributed by atoms with Crippen molar-refractivity contribution in [3.63, 3.8) is 0 Å². The van der Waals surface area contributed by atoms with Crippen LogP contribution in [0, 0.1) is 0 Å². The molecule has 0 radical (unpaired) electrons. The molecule has 1 aromatic rings. The van der Waals surface area contributed by atoms with Crippen molar-refractivity contribution in [3.8, 4) is 5.75 Å². The monoisotopic (exact) mass is 348 g/mol. The molecule has 0 saturated carbocycles. The average Bonchev–Trinajstić information content (AvgIpc) is 2.58. The first kappa shape index (κ1) is 20.4. The van der Waals surface area contributed by atoms with Gasteiger partial charge >= 0.3 is 11.9 Å². The number of carbonyl (C=O) groups excluding carboxylic acids is 2. The highest BCUT2D eigenvalue weighted by molar-refractivity contribution is 5.87. The highest BCUT2D eigenvalue weighted by Crippen LogP contribution is 2.14. The molecule has 0 atom stereocenters. The van der Waals surface area contributed by atoms with Crippen LogP contribution in [0.4, 0.5) is 0 Å². The van der Waals surface area contributed by atoms with Gasteiger partial charge in [0.25, 0.3) is 0 Å². The van der Waals surface area contributed by atoms with E-state index in [4.69, 9.17) is 18.9 Å². The number of ether oxygens (including phenoxy) is 4. The summed E-state index contributed by atoms with van der Waals surface area (Å²) in [5.41, 5.74) is 1.54. The van der Waals surface area contributed by atoms with Gasteiger partial charge in [-0.25, -0.2) is 9.59 Å². The first-order valence-corrected chi connectivity index (χ1v) is 7.85. The minimum absolute atomic E-state index is 0.160. The molecule has 0 bridgehead atoms. The Hall–Kier alpha value is -2.60. The number of rotatable bonds is 11.